The lowest BCUT2D eigenvalue weighted by Gasteiger charge is -2.19. The molecule has 0 radical (unpaired) electrons. The van der Waals surface area contributed by atoms with Crippen LogP contribution in [0.1, 0.15) is 5.56 Å². The van der Waals surface area contributed by atoms with E-state index in [2.05, 4.69) is 10.6 Å². The fraction of sp³-hybridized carbons (Fsp3) is 0.316. The third kappa shape index (κ3) is 4.48. The third-order valence-electron chi connectivity index (χ3n) is 4.44. The number of fused-ring (bicyclic) bond motifs is 1. The van der Waals surface area contributed by atoms with E-state index in [1.54, 1.807) is 24.3 Å². The largest absolute Gasteiger partial charge is 0.497 e. The van der Waals surface area contributed by atoms with Gasteiger partial charge in [0.15, 0.2) is 0 Å². The molecule has 3 rings (SSSR count). The van der Waals surface area contributed by atoms with Gasteiger partial charge in [-0.05, 0) is 18.1 Å². The first-order valence-corrected chi connectivity index (χ1v) is 10.4. The van der Waals surface area contributed by atoms with Crippen LogP contribution in [-0.2, 0) is 16.4 Å². The van der Waals surface area contributed by atoms with Crippen molar-refractivity contribution in [3.63, 3.8) is 0 Å². The molecule has 9 heteroatoms. The molecule has 0 bridgehead atoms. The predicted molar refractivity (Wildman–Crippen MR) is 108 cm³/mol. The van der Waals surface area contributed by atoms with Gasteiger partial charge in [0.2, 0.25) is 10.0 Å². The molecule has 28 heavy (non-hydrogen) atoms. The van der Waals surface area contributed by atoms with Crippen molar-refractivity contribution in [3.8, 4) is 11.5 Å². The molecule has 2 amide bonds. The number of carbonyl (C=O) groups excluding carboxylic acids is 1. The van der Waals surface area contributed by atoms with Gasteiger partial charge in [-0.2, -0.15) is 0 Å². The zero-order valence-corrected chi connectivity index (χ0v) is 16.6. The fourth-order valence-electron chi connectivity index (χ4n) is 3.06. The van der Waals surface area contributed by atoms with Gasteiger partial charge in [-0.1, -0.05) is 18.2 Å². The number of methoxy groups -OCH3 is 2. The highest BCUT2D eigenvalue weighted by molar-refractivity contribution is 7.92. The maximum Gasteiger partial charge on any atom is 0.319 e. The summed E-state index contributed by atoms with van der Waals surface area (Å²) < 4.78 is 37.0. The van der Waals surface area contributed by atoms with Crippen LogP contribution in [0.15, 0.2) is 42.5 Å². The molecule has 0 fully saturated rings. The number of carbonyl (C=O) groups is 1. The van der Waals surface area contributed by atoms with Crippen LogP contribution in [0.3, 0.4) is 0 Å². The van der Waals surface area contributed by atoms with Crippen molar-refractivity contribution in [1.82, 2.24) is 5.32 Å². The van der Waals surface area contributed by atoms with E-state index in [-0.39, 0.29) is 12.3 Å². The van der Waals surface area contributed by atoms with Crippen LogP contribution in [0.2, 0.25) is 0 Å². The van der Waals surface area contributed by atoms with E-state index < -0.39 is 16.1 Å². The summed E-state index contributed by atoms with van der Waals surface area (Å²) in [5.74, 6) is 0.880. The minimum absolute atomic E-state index is 0.00601. The third-order valence-corrected chi connectivity index (χ3v) is 6.21. The maximum atomic E-state index is 12.6. The highest BCUT2D eigenvalue weighted by Crippen LogP contribution is 2.30. The summed E-state index contributed by atoms with van der Waals surface area (Å²) in [6, 6.07) is 11.9. The van der Waals surface area contributed by atoms with E-state index >= 15 is 0 Å². The summed E-state index contributed by atoms with van der Waals surface area (Å²) in [5, 5.41) is 5.22. The molecule has 8 nitrogen and oxygen atoms in total. The van der Waals surface area contributed by atoms with Crippen LogP contribution in [0, 0.1) is 0 Å². The minimum Gasteiger partial charge on any atom is -0.497 e. The smallest absolute Gasteiger partial charge is 0.319 e. The van der Waals surface area contributed by atoms with Gasteiger partial charge in [-0.3, -0.25) is 4.31 Å². The average Bonchev–Trinajstić information content (AvgIpc) is 3.12. The van der Waals surface area contributed by atoms with E-state index in [4.69, 9.17) is 9.47 Å². The van der Waals surface area contributed by atoms with E-state index in [9.17, 15) is 13.2 Å². The summed E-state index contributed by atoms with van der Waals surface area (Å²) in [6.45, 7) is 0.422. The molecule has 2 aromatic carbocycles. The van der Waals surface area contributed by atoms with Crippen LogP contribution in [0.4, 0.5) is 16.2 Å². The number of para-hydroxylation sites is 1. The van der Waals surface area contributed by atoms with Gasteiger partial charge in [0.25, 0.3) is 0 Å². The predicted octanol–water partition coefficient (Wildman–Crippen LogP) is 2.22. The second-order valence-corrected chi connectivity index (χ2v) is 8.26. The highest BCUT2D eigenvalue weighted by Gasteiger charge is 2.28. The molecule has 0 saturated carbocycles. The first kappa shape index (κ1) is 19.8. The number of anilines is 2. The van der Waals surface area contributed by atoms with Gasteiger partial charge >= 0.3 is 6.03 Å². The van der Waals surface area contributed by atoms with Crippen LogP contribution in [0.25, 0.3) is 0 Å². The number of hydrogen-bond donors (Lipinski definition) is 2. The van der Waals surface area contributed by atoms with Crippen LogP contribution in [0.5, 0.6) is 11.5 Å². The first-order valence-electron chi connectivity index (χ1n) is 8.79. The van der Waals surface area contributed by atoms with E-state index in [1.807, 2.05) is 18.2 Å². The Balaban J connectivity index is 1.56. The summed E-state index contributed by atoms with van der Waals surface area (Å²) in [5.41, 5.74) is 2.21. The van der Waals surface area contributed by atoms with Gasteiger partial charge in [-0.15, -0.1) is 0 Å². The van der Waals surface area contributed by atoms with Gasteiger partial charge in [0.05, 0.1) is 25.7 Å². The maximum absolute atomic E-state index is 12.6. The van der Waals surface area contributed by atoms with Crippen molar-refractivity contribution in [2.75, 3.05) is 42.7 Å². The Labute approximate surface area is 164 Å². The Bertz CT molecular complexity index is 940. The summed E-state index contributed by atoms with van der Waals surface area (Å²) in [4.78, 5) is 12.1. The number of ether oxygens (including phenoxy) is 2. The molecule has 150 valence electrons. The van der Waals surface area contributed by atoms with Crippen LogP contribution >= 0.6 is 0 Å². The fourth-order valence-corrected chi connectivity index (χ4v) is 4.48. The molecule has 2 N–H and O–H groups in total. The minimum atomic E-state index is -3.51. The lowest BCUT2D eigenvalue weighted by atomic mass is 10.2. The Morgan fingerprint density at radius 1 is 1.11 bits per heavy atom. The van der Waals surface area contributed by atoms with Crippen molar-refractivity contribution in [3.05, 3.63) is 48.0 Å². The number of rotatable bonds is 7. The second kappa shape index (κ2) is 8.39. The van der Waals surface area contributed by atoms with Crippen LogP contribution < -0.4 is 24.4 Å². The normalized spacial score (nSPS) is 13.0. The molecular weight excluding hydrogens is 382 g/mol. The number of urea groups is 1. The number of hydrogen-bond acceptors (Lipinski definition) is 5. The standard InChI is InChI=1S/C19H23N3O5S/c1-26-16-11-15(12-17(13-16)27-2)21-19(23)20-8-10-28(24,25)22-9-7-14-5-3-4-6-18(14)22/h3-6,11-13H,7-10H2,1-2H3,(H2,20,21,23). The topological polar surface area (TPSA) is 97.0 Å². The van der Waals surface area contributed by atoms with Gasteiger partial charge in [0.1, 0.15) is 11.5 Å². The molecule has 0 aliphatic carbocycles. The van der Waals surface area contributed by atoms with Crippen molar-refractivity contribution in [1.29, 1.82) is 0 Å². The Hall–Kier alpha value is -2.94. The van der Waals surface area contributed by atoms with Crippen molar-refractivity contribution >= 4 is 27.4 Å². The molecule has 2 aromatic rings. The number of nitrogens with one attached hydrogen (secondary N) is 2. The van der Waals surface area contributed by atoms with E-state index in [0.29, 0.717) is 30.2 Å². The Morgan fingerprint density at radius 3 is 2.46 bits per heavy atom. The number of amides is 2. The summed E-state index contributed by atoms with van der Waals surface area (Å²) in [7, 11) is -0.485. The molecule has 1 heterocycles. The quantitative estimate of drug-likeness (QED) is 0.736. The molecule has 0 aromatic heterocycles. The van der Waals surface area contributed by atoms with Gasteiger partial charge in [0, 0.05) is 37.0 Å². The summed E-state index contributed by atoms with van der Waals surface area (Å²) >= 11 is 0. The van der Waals surface area contributed by atoms with Gasteiger partial charge < -0.3 is 20.1 Å². The lowest BCUT2D eigenvalue weighted by Crippen LogP contribution is -2.38. The Kier molecular flexibility index (Phi) is 5.93. The zero-order valence-electron chi connectivity index (χ0n) is 15.8. The molecule has 0 atom stereocenters. The average molecular weight is 405 g/mol. The summed E-state index contributed by atoms with van der Waals surface area (Å²) in [6.07, 6.45) is 0.695. The molecule has 0 saturated heterocycles. The number of nitrogens with zero attached hydrogens (tertiary/aromatic N) is 1. The monoisotopic (exact) mass is 405 g/mol. The second-order valence-electron chi connectivity index (χ2n) is 6.25. The van der Waals surface area contributed by atoms with E-state index in [0.717, 1.165) is 11.3 Å². The molecule has 0 unspecified atom stereocenters. The van der Waals surface area contributed by atoms with Crippen molar-refractivity contribution in [2.45, 2.75) is 6.42 Å². The molecule has 1 aliphatic heterocycles. The van der Waals surface area contributed by atoms with Crippen LogP contribution in [-0.4, -0.2) is 47.5 Å². The lowest BCUT2D eigenvalue weighted by molar-refractivity contribution is 0.252. The highest BCUT2D eigenvalue weighted by atomic mass is 32.2. The van der Waals surface area contributed by atoms with Crippen molar-refractivity contribution in [2.24, 2.45) is 0 Å². The number of benzene rings is 2. The van der Waals surface area contributed by atoms with E-state index in [1.165, 1.54) is 18.5 Å². The number of sulfonamides is 1. The van der Waals surface area contributed by atoms with Crippen molar-refractivity contribution < 1.29 is 22.7 Å². The SMILES string of the molecule is COc1cc(NC(=O)NCCS(=O)(=O)N2CCc3ccccc32)cc(OC)c1. The molecule has 0 spiro atoms. The Morgan fingerprint density at radius 2 is 1.79 bits per heavy atom. The molecule has 1 aliphatic rings. The zero-order chi connectivity index (χ0) is 20.1. The molecular formula is C19H23N3O5S. The van der Waals surface area contributed by atoms with Gasteiger partial charge in [-0.25, -0.2) is 13.2 Å². The first-order chi connectivity index (χ1) is 13.4.